The van der Waals surface area contributed by atoms with Gasteiger partial charge in [0.1, 0.15) is 0 Å². The number of hydrogen-bond acceptors (Lipinski definition) is 6. The minimum absolute atomic E-state index is 0.000347. The van der Waals surface area contributed by atoms with Crippen LogP contribution < -0.4 is 0 Å². The van der Waals surface area contributed by atoms with Crippen molar-refractivity contribution in [2.45, 2.75) is 49.9 Å². The van der Waals surface area contributed by atoms with Gasteiger partial charge < -0.3 is 19.8 Å². The SMILES string of the molecule is CS(=O)(=O)OC1CCC(CC2(O)CCOCC2)N(C(=O)O)C1. The predicted molar refractivity (Wildman–Crippen MR) is 77.1 cm³/mol. The summed E-state index contributed by atoms with van der Waals surface area (Å²) in [7, 11) is -3.62. The third kappa shape index (κ3) is 4.80. The highest BCUT2D eigenvalue weighted by Gasteiger charge is 2.39. The molecule has 2 N–H and O–H groups in total. The van der Waals surface area contributed by atoms with Crippen molar-refractivity contribution in [3.8, 4) is 0 Å². The molecule has 0 aromatic carbocycles. The first-order valence-corrected chi connectivity index (χ1v) is 9.18. The Morgan fingerprint density at radius 1 is 1.36 bits per heavy atom. The molecule has 0 aliphatic carbocycles. The zero-order valence-electron chi connectivity index (χ0n) is 12.6. The lowest BCUT2D eigenvalue weighted by Crippen LogP contribution is -2.53. The van der Waals surface area contributed by atoms with Crippen molar-refractivity contribution in [2.75, 3.05) is 26.0 Å². The quantitative estimate of drug-likeness (QED) is 0.714. The van der Waals surface area contributed by atoms with E-state index >= 15 is 0 Å². The summed E-state index contributed by atoms with van der Waals surface area (Å²) in [5.41, 5.74) is -0.916. The maximum absolute atomic E-state index is 11.4. The van der Waals surface area contributed by atoms with Gasteiger partial charge in [0.05, 0.1) is 24.5 Å². The van der Waals surface area contributed by atoms with Crippen LogP contribution in [0.15, 0.2) is 0 Å². The fraction of sp³-hybridized carbons (Fsp3) is 0.923. The Balaban J connectivity index is 2.01. The highest BCUT2D eigenvalue weighted by molar-refractivity contribution is 7.86. The highest BCUT2D eigenvalue weighted by atomic mass is 32.2. The molecule has 0 aromatic rings. The first-order valence-electron chi connectivity index (χ1n) is 7.36. The maximum Gasteiger partial charge on any atom is 0.407 e. The Hall–Kier alpha value is -0.900. The van der Waals surface area contributed by atoms with Crippen molar-refractivity contribution in [2.24, 2.45) is 0 Å². The molecule has 0 bridgehead atoms. The van der Waals surface area contributed by atoms with Gasteiger partial charge in [-0.1, -0.05) is 0 Å². The molecule has 128 valence electrons. The number of amides is 1. The first kappa shape index (κ1) is 17.5. The standard InChI is InChI=1S/C13H23NO7S/c1-22(18,19)21-11-3-2-10(14(9-11)12(15)16)8-13(17)4-6-20-7-5-13/h10-11,17H,2-9H2,1H3,(H,15,16). The number of aliphatic hydroxyl groups is 1. The number of piperidine rings is 1. The van der Waals surface area contributed by atoms with E-state index in [4.69, 9.17) is 8.92 Å². The molecular weight excluding hydrogens is 314 g/mol. The smallest absolute Gasteiger partial charge is 0.407 e. The Morgan fingerprint density at radius 2 is 2.00 bits per heavy atom. The molecule has 1 amide bonds. The molecule has 0 aromatic heterocycles. The molecule has 2 fully saturated rings. The van der Waals surface area contributed by atoms with Crippen molar-refractivity contribution in [3.63, 3.8) is 0 Å². The summed E-state index contributed by atoms with van der Waals surface area (Å²) in [4.78, 5) is 12.6. The summed E-state index contributed by atoms with van der Waals surface area (Å²) < 4.78 is 32.5. The average molecular weight is 337 g/mol. The van der Waals surface area contributed by atoms with E-state index in [-0.39, 0.29) is 12.6 Å². The summed E-state index contributed by atoms with van der Waals surface area (Å²) in [6.45, 7) is 0.936. The van der Waals surface area contributed by atoms with Gasteiger partial charge in [-0.15, -0.1) is 0 Å². The Kier molecular flexibility index (Phi) is 5.31. The highest BCUT2D eigenvalue weighted by Crippen LogP contribution is 2.32. The summed E-state index contributed by atoms with van der Waals surface area (Å²) in [6.07, 6.45) is 1.40. The van der Waals surface area contributed by atoms with Crippen LogP contribution in [0.2, 0.25) is 0 Å². The molecule has 9 heteroatoms. The molecule has 8 nitrogen and oxygen atoms in total. The van der Waals surface area contributed by atoms with Crippen molar-refractivity contribution < 1.29 is 32.3 Å². The zero-order chi connectivity index (χ0) is 16.4. The molecule has 2 saturated heterocycles. The molecule has 0 spiro atoms. The average Bonchev–Trinajstić information content (AvgIpc) is 2.39. The molecular formula is C13H23NO7S. The number of likely N-dealkylation sites (tertiary alicyclic amines) is 1. The molecule has 2 rings (SSSR count). The number of carbonyl (C=O) groups is 1. The Morgan fingerprint density at radius 3 is 2.55 bits per heavy atom. The second-order valence-corrected chi connectivity index (χ2v) is 7.73. The van der Waals surface area contributed by atoms with Gasteiger partial charge in [-0.3, -0.25) is 4.18 Å². The van der Waals surface area contributed by atoms with E-state index in [9.17, 15) is 23.4 Å². The number of ether oxygens (including phenoxy) is 1. The minimum Gasteiger partial charge on any atom is -0.465 e. The van der Waals surface area contributed by atoms with Crippen molar-refractivity contribution in [3.05, 3.63) is 0 Å². The number of carboxylic acid groups (broad SMARTS) is 1. The fourth-order valence-corrected chi connectivity index (χ4v) is 3.81. The van der Waals surface area contributed by atoms with E-state index in [1.165, 1.54) is 4.90 Å². The number of nitrogens with zero attached hydrogens (tertiary/aromatic N) is 1. The summed E-state index contributed by atoms with van der Waals surface area (Å²) in [5, 5.41) is 19.9. The fourth-order valence-electron chi connectivity index (χ4n) is 3.16. The van der Waals surface area contributed by atoms with E-state index in [1.807, 2.05) is 0 Å². The topological polar surface area (TPSA) is 113 Å². The largest absolute Gasteiger partial charge is 0.465 e. The maximum atomic E-state index is 11.4. The lowest BCUT2D eigenvalue weighted by molar-refractivity contribution is -0.0847. The third-order valence-electron chi connectivity index (χ3n) is 4.26. The second kappa shape index (κ2) is 6.69. The van der Waals surface area contributed by atoms with Crippen molar-refractivity contribution in [1.82, 2.24) is 4.90 Å². The van der Waals surface area contributed by atoms with Gasteiger partial charge in [-0.25, -0.2) is 4.79 Å². The van der Waals surface area contributed by atoms with Gasteiger partial charge in [0.25, 0.3) is 10.1 Å². The van der Waals surface area contributed by atoms with E-state index in [2.05, 4.69) is 0 Å². The molecule has 2 aliphatic heterocycles. The molecule has 2 atom stereocenters. The molecule has 2 aliphatic rings. The Labute approximate surface area is 130 Å². The third-order valence-corrected chi connectivity index (χ3v) is 4.88. The monoisotopic (exact) mass is 337 g/mol. The van der Waals surface area contributed by atoms with Crippen LogP contribution in [-0.2, 0) is 19.0 Å². The summed E-state index contributed by atoms with van der Waals surface area (Å²) >= 11 is 0. The molecule has 22 heavy (non-hydrogen) atoms. The normalized spacial score (nSPS) is 29.3. The van der Waals surface area contributed by atoms with Crippen LogP contribution in [0.1, 0.15) is 32.1 Å². The molecule has 0 saturated carbocycles. The Bertz CT molecular complexity index is 501. The van der Waals surface area contributed by atoms with Crippen LogP contribution in [-0.4, -0.2) is 73.4 Å². The van der Waals surface area contributed by atoms with E-state index in [1.54, 1.807) is 0 Å². The van der Waals surface area contributed by atoms with Gasteiger partial charge in [0.2, 0.25) is 0 Å². The summed E-state index contributed by atoms with van der Waals surface area (Å²) in [5.74, 6) is 0. The van der Waals surface area contributed by atoms with Crippen LogP contribution in [0.3, 0.4) is 0 Å². The van der Waals surface area contributed by atoms with Crippen molar-refractivity contribution >= 4 is 16.2 Å². The zero-order valence-corrected chi connectivity index (χ0v) is 13.4. The van der Waals surface area contributed by atoms with Crippen LogP contribution in [0.5, 0.6) is 0 Å². The van der Waals surface area contributed by atoms with Gasteiger partial charge in [0.15, 0.2) is 0 Å². The van der Waals surface area contributed by atoms with Crippen LogP contribution >= 0.6 is 0 Å². The van der Waals surface area contributed by atoms with E-state index in [0.29, 0.717) is 45.3 Å². The second-order valence-electron chi connectivity index (χ2n) is 6.13. The van der Waals surface area contributed by atoms with E-state index < -0.39 is 27.9 Å². The lowest BCUT2D eigenvalue weighted by atomic mass is 9.84. The van der Waals surface area contributed by atoms with Crippen LogP contribution in [0.4, 0.5) is 4.79 Å². The van der Waals surface area contributed by atoms with E-state index in [0.717, 1.165) is 6.26 Å². The number of rotatable bonds is 4. The van der Waals surface area contributed by atoms with Gasteiger partial charge in [-0.05, 0) is 32.1 Å². The molecule has 0 radical (unpaired) electrons. The molecule has 2 heterocycles. The van der Waals surface area contributed by atoms with Gasteiger partial charge in [0, 0.05) is 19.3 Å². The van der Waals surface area contributed by atoms with Crippen LogP contribution in [0, 0.1) is 0 Å². The number of hydrogen-bond donors (Lipinski definition) is 2. The van der Waals surface area contributed by atoms with Crippen molar-refractivity contribution in [1.29, 1.82) is 0 Å². The lowest BCUT2D eigenvalue weighted by Gasteiger charge is -2.42. The minimum atomic E-state index is -3.62. The van der Waals surface area contributed by atoms with Gasteiger partial charge >= 0.3 is 6.09 Å². The predicted octanol–water partition coefficient (Wildman–Crippen LogP) is 0.405. The first-order chi connectivity index (χ1) is 10.2. The van der Waals surface area contributed by atoms with Crippen LogP contribution in [0.25, 0.3) is 0 Å². The molecule has 2 unspecified atom stereocenters. The summed E-state index contributed by atoms with van der Waals surface area (Å²) in [6, 6.07) is -0.333. The van der Waals surface area contributed by atoms with Gasteiger partial charge in [-0.2, -0.15) is 8.42 Å².